The normalized spacial score (nSPS) is 32.7. The summed E-state index contributed by atoms with van der Waals surface area (Å²) in [6, 6.07) is 15.0. The molecule has 2 aliphatic rings. The van der Waals surface area contributed by atoms with Crippen LogP contribution in [-0.4, -0.2) is 28.0 Å². The van der Waals surface area contributed by atoms with E-state index in [0.717, 1.165) is 16.5 Å². The molecule has 2 unspecified atom stereocenters. The van der Waals surface area contributed by atoms with Gasteiger partial charge in [0.2, 0.25) is 0 Å². The molecule has 4 rings (SSSR count). The largest absolute Gasteiger partial charge is 0.139 e. The number of alkyl halides is 14. The molecule has 2 aromatic carbocycles. The van der Waals surface area contributed by atoms with Gasteiger partial charge in [0.25, 0.3) is 0 Å². The van der Waals surface area contributed by atoms with Crippen LogP contribution in [0, 0.1) is 0 Å². The van der Waals surface area contributed by atoms with Gasteiger partial charge in [-0.15, -0.1) is 0 Å². The lowest BCUT2D eigenvalue weighted by Gasteiger charge is -2.70. The lowest BCUT2D eigenvalue weighted by Crippen LogP contribution is -2.80. The number of fused-ring (bicyclic) bond motifs is 2. The fourth-order valence-corrected chi connectivity index (χ4v) is 21.7. The van der Waals surface area contributed by atoms with E-state index in [2.05, 4.69) is 281 Å². The van der Waals surface area contributed by atoms with Crippen LogP contribution in [-0.2, 0) is 6.42 Å². The maximum Gasteiger partial charge on any atom is 0.139 e. The topological polar surface area (TPSA) is 0 Å². The highest BCUT2D eigenvalue weighted by Crippen LogP contribution is 2.85. The molecule has 204 valence electrons. The van der Waals surface area contributed by atoms with Gasteiger partial charge in [0.1, 0.15) is 23.7 Å². The average molecular weight is 1470 g/mol. The van der Waals surface area contributed by atoms with E-state index < -0.39 is 28.0 Å². The Morgan fingerprint density at radius 1 is 0.541 bits per heavy atom. The minimum absolute atomic E-state index is 0.701. The quantitative estimate of drug-likeness (QED) is 0.269. The summed E-state index contributed by atoms with van der Waals surface area (Å²) < 4.78 is -5.62. The summed E-state index contributed by atoms with van der Waals surface area (Å²) in [4.78, 5) is 0. The molecule has 1 saturated carbocycles. The van der Waals surface area contributed by atoms with E-state index in [-0.39, 0.29) is 0 Å². The van der Waals surface area contributed by atoms with Crippen molar-refractivity contribution in [3.63, 3.8) is 0 Å². The third kappa shape index (κ3) is 4.73. The van der Waals surface area contributed by atoms with Crippen molar-refractivity contribution in [3.8, 4) is 0 Å². The van der Waals surface area contributed by atoms with Crippen molar-refractivity contribution < 1.29 is 0 Å². The molecule has 0 radical (unpaired) electrons. The molecular weight excluding hydrogens is 1460 g/mol. The molecule has 0 N–H and O–H groups in total. The number of halogens is 15. The van der Waals surface area contributed by atoms with Gasteiger partial charge in [0, 0.05) is 4.48 Å². The van der Waals surface area contributed by atoms with Crippen LogP contribution >= 0.6 is 239 Å². The van der Waals surface area contributed by atoms with Crippen LogP contribution in [0.2, 0.25) is 0 Å². The highest BCUT2D eigenvalue weighted by Gasteiger charge is 2.87. The lowest BCUT2D eigenvalue weighted by atomic mass is 9.69. The number of hydrogen-bond acceptors (Lipinski definition) is 0. The predicted octanol–water partition coefficient (Wildman–Crippen LogP) is 14.6. The molecular formula is C22H11Br15. The van der Waals surface area contributed by atoms with Crippen LogP contribution in [0.3, 0.4) is 0 Å². The number of allylic oxidation sites excluding steroid dienone is 2. The second-order valence-corrected chi connectivity index (χ2v) is 32.7. The van der Waals surface area contributed by atoms with Crippen LogP contribution in [0.25, 0.3) is 10.8 Å². The van der Waals surface area contributed by atoms with Gasteiger partial charge < -0.3 is 0 Å². The van der Waals surface area contributed by atoms with Crippen LogP contribution in [0.4, 0.5) is 0 Å². The summed E-state index contributed by atoms with van der Waals surface area (Å²) in [5.74, 6) is 0. The fraction of sp³-hybridized carbons (Fsp3) is 0.455. The number of aryl methyl sites for hydroxylation is 1. The van der Waals surface area contributed by atoms with E-state index in [4.69, 9.17) is 0 Å². The summed E-state index contributed by atoms with van der Waals surface area (Å²) >= 11 is 61.0. The van der Waals surface area contributed by atoms with Gasteiger partial charge in [-0.3, -0.25) is 0 Å². The third-order valence-corrected chi connectivity index (χ3v) is 37.6. The van der Waals surface area contributed by atoms with Gasteiger partial charge in [0.05, 0.1) is 4.32 Å². The Labute approximate surface area is 342 Å². The van der Waals surface area contributed by atoms with Crippen molar-refractivity contribution in [2.24, 2.45) is 0 Å². The van der Waals surface area contributed by atoms with Gasteiger partial charge in [-0.2, -0.15) is 0 Å². The van der Waals surface area contributed by atoms with Crippen molar-refractivity contribution in [1.82, 2.24) is 0 Å². The Bertz CT molecular complexity index is 1290. The van der Waals surface area contributed by atoms with Crippen molar-refractivity contribution in [1.29, 1.82) is 0 Å². The van der Waals surface area contributed by atoms with Crippen LogP contribution in [0.15, 0.2) is 52.5 Å². The molecule has 2 aliphatic carbocycles. The van der Waals surface area contributed by atoms with Crippen molar-refractivity contribution in [3.05, 3.63) is 58.1 Å². The first-order valence-electron chi connectivity index (χ1n) is 10.1. The third-order valence-electron chi connectivity index (χ3n) is 6.80. The first kappa shape index (κ1) is 35.5. The second-order valence-electron chi connectivity index (χ2n) is 8.73. The Morgan fingerprint density at radius 2 is 1.05 bits per heavy atom. The maximum absolute atomic E-state index is 4.30. The molecule has 2 atom stereocenters. The summed E-state index contributed by atoms with van der Waals surface area (Å²) in [5.41, 5.74) is 2.29. The smallest absolute Gasteiger partial charge is 0.0778 e. The standard InChI is InChI=1S/C22H11Br15/c23-14-13-15(24,9-8-11-6-3-5-10-4-1-2-7-12(10)11)18(28,29)22(36,37)20(32,33)16(13,25)19(30,31)21(34,35)17(14,26)27/h1-7H,8-9H2. The van der Waals surface area contributed by atoms with E-state index in [1.54, 1.807) is 0 Å². The molecule has 0 aliphatic heterocycles. The Kier molecular flexibility index (Phi) is 10.9. The summed E-state index contributed by atoms with van der Waals surface area (Å²) in [5, 5.41) is 2.47. The van der Waals surface area contributed by atoms with Gasteiger partial charge in [0.15, 0.2) is 0 Å². The van der Waals surface area contributed by atoms with Gasteiger partial charge in [-0.25, -0.2) is 0 Å². The molecule has 0 spiro atoms. The van der Waals surface area contributed by atoms with E-state index in [1.165, 1.54) is 16.3 Å². The first-order chi connectivity index (χ1) is 16.6. The zero-order valence-electron chi connectivity index (χ0n) is 17.6. The van der Waals surface area contributed by atoms with Crippen LogP contribution in [0.5, 0.6) is 0 Å². The minimum atomic E-state index is -0.871. The Morgan fingerprint density at radius 3 is 1.65 bits per heavy atom. The molecule has 2 aromatic rings. The number of hydrogen-bond donors (Lipinski definition) is 0. The molecule has 1 fully saturated rings. The molecule has 0 amide bonds. The van der Waals surface area contributed by atoms with E-state index in [0.29, 0.717) is 6.42 Å². The van der Waals surface area contributed by atoms with E-state index >= 15 is 0 Å². The SMILES string of the molecule is BrC1=C2C(Br)(CCc3cccc4ccccc34)C(Br)(Br)C(Br)(Br)C(Br)(Br)C2(Br)C(Br)(Br)C(Br)(Br)C1(Br)Br. The van der Waals surface area contributed by atoms with Crippen LogP contribution < -0.4 is 0 Å². The Balaban J connectivity index is 2.04. The zero-order chi connectivity index (χ0) is 28.3. The molecule has 0 aromatic heterocycles. The summed E-state index contributed by atoms with van der Waals surface area (Å²) in [6.45, 7) is 0. The summed E-state index contributed by atoms with van der Waals surface area (Å²) in [6.07, 6.45) is 1.52. The highest BCUT2D eigenvalue weighted by molar-refractivity contribution is 9.35. The molecule has 0 bridgehead atoms. The predicted molar refractivity (Wildman–Crippen MR) is 215 cm³/mol. The van der Waals surface area contributed by atoms with E-state index in [1.807, 2.05) is 0 Å². The monoisotopic (exact) mass is 1460 g/mol. The van der Waals surface area contributed by atoms with Crippen molar-refractivity contribution in [2.45, 2.75) is 40.9 Å². The molecule has 15 heteroatoms. The maximum atomic E-state index is 4.30. The molecule has 0 heterocycles. The Hall–Kier alpha value is 5.64. The van der Waals surface area contributed by atoms with Gasteiger partial charge in [-0.1, -0.05) is 281 Å². The van der Waals surface area contributed by atoms with Gasteiger partial charge in [-0.05, 0) is 34.8 Å². The fourth-order valence-electron chi connectivity index (χ4n) is 4.74. The second kappa shape index (κ2) is 11.4. The molecule has 0 saturated heterocycles. The van der Waals surface area contributed by atoms with E-state index in [9.17, 15) is 0 Å². The first-order valence-corrected chi connectivity index (χ1v) is 22.0. The van der Waals surface area contributed by atoms with Crippen molar-refractivity contribution in [2.75, 3.05) is 0 Å². The molecule has 0 nitrogen and oxygen atoms in total. The zero-order valence-corrected chi connectivity index (χ0v) is 41.4. The lowest BCUT2D eigenvalue weighted by molar-refractivity contribution is 0.379. The highest BCUT2D eigenvalue weighted by atomic mass is 79.9. The van der Waals surface area contributed by atoms with Crippen LogP contribution in [0.1, 0.15) is 12.0 Å². The minimum Gasteiger partial charge on any atom is -0.0778 e. The number of benzene rings is 2. The molecule has 37 heavy (non-hydrogen) atoms. The number of rotatable bonds is 3. The van der Waals surface area contributed by atoms with Crippen molar-refractivity contribution >= 4 is 250 Å². The summed E-state index contributed by atoms with van der Waals surface area (Å²) in [7, 11) is 0. The average Bonchev–Trinajstić information content (AvgIpc) is 2.80. The van der Waals surface area contributed by atoms with Gasteiger partial charge >= 0.3 is 0 Å².